The number of carbonyl (C=O) groups is 1. The highest BCUT2D eigenvalue weighted by atomic mass is 16.6. The summed E-state index contributed by atoms with van der Waals surface area (Å²) in [5.74, 6) is 0. The van der Waals surface area contributed by atoms with Crippen LogP contribution in [-0.2, 0) is 17.3 Å². The second kappa shape index (κ2) is 5.44. The lowest BCUT2D eigenvalue weighted by Crippen LogP contribution is -2.56. The van der Waals surface area contributed by atoms with E-state index in [2.05, 4.69) is 15.7 Å². The van der Waals surface area contributed by atoms with Crippen molar-refractivity contribution in [1.82, 2.24) is 20.4 Å². The summed E-state index contributed by atoms with van der Waals surface area (Å²) in [4.78, 5) is 12.1. The molecular formula is C14H24N4O2. The second-order valence-electron chi connectivity index (χ2n) is 6.36. The standard InChI is InChI=1S/C14H24N4O2/c1-13(2,3)20-12(19)16-14(7-5-8-15-10-14)11-6-9-18(4)17-11/h6,9,15H,5,7-8,10H2,1-4H3,(H,16,19). The van der Waals surface area contributed by atoms with Gasteiger partial charge in [-0.2, -0.15) is 5.10 Å². The largest absolute Gasteiger partial charge is 0.444 e. The minimum atomic E-state index is -0.502. The third-order valence-corrected chi connectivity index (χ3v) is 3.33. The van der Waals surface area contributed by atoms with Gasteiger partial charge in [0.1, 0.15) is 5.60 Å². The van der Waals surface area contributed by atoms with E-state index in [-0.39, 0.29) is 0 Å². The average molecular weight is 280 g/mol. The van der Waals surface area contributed by atoms with Crippen LogP contribution in [0.5, 0.6) is 0 Å². The van der Waals surface area contributed by atoms with E-state index >= 15 is 0 Å². The first kappa shape index (κ1) is 14.8. The van der Waals surface area contributed by atoms with E-state index in [1.165, 1.54) is 0 Å². The third kappa shape index (κ3) is 3.50. The average Bonchev–Trinajstić information content (AvgIpc) is 2.75. The van der Waals surface area contributed by atoms with E-state index in [1.54, 1.807) is 4.68 Å². The van der Waals surface area contributed by atoms with Crippen LogP contribution in [0.3, 0.4) is 0 Å². The van der Waals surface area contributed by atoms with Crippen LogP contribution in [0.25, 0.3) is 0 Å². The first-order chi connectivity index (χ1) is 9.31. The van der Waals surface area contributed by atoms with Gasteiger partial charge in [0, 0.05) is 19.8 Å². The van der Waals surface area contributed by atoms with Crippen LogP contribution in [0.1, 0.15) is 39.3 Å². The molecule has 1 fully saturated rings. The Labute approximate surface area is 119 Å². The topological polar surface area (TPSA) is 68.2 Å². The predicted molar refractivity (Wildman–Crippen MR) is 76.4 cm³/mol. The Bertz CT molecular complexity index is 470. The number of hydrogen-bond donors (Lipinski definition) is 2. The van der Waals surface area contributed by atoms with Gasteiger partial charge in [0.05, 0.1) is 11.2 Å². The van der Waals surface area contributed by atoms with Crippen molar-refractivity contribution in [2.75, 3.05) is 13.1 Å². The van der Waals surface area contributed by atoms with Gasteiger partial charge in [-0.1, -0.05) is 0 Å². The monoisotopic (exact) mass is 280 g/mol. The fraction of sp³-hybridized carbons (Fsp3) is 0.714. The molecule has 6 nitrogen and oxygen atoms in total. The van der Waals surface area contributed by atoms with Crippen molar-refractivity contribution < 1.29 is 9.53 Å². The molecule has 2 heterocycles. The lowest BCUT2D eigenvalue weighted by molar-refractivity contribution is 0.0427. The molecule has 0 radical (unpaired) electrons. The van der Waals surface area contributed by atoms with Crippen molar-refractivity contribution >= 4 is 6.09 Å². The van der Waals surface area contributed by atoms with Gasteiger partial charge < -0.3 is 15.4 Å². The van der Waals surface area contributed by atoms with Crippen LogP contribution in [0.4, 0.5) is 4.79 Å². The van der Waals surface area contributed by atoms with E-state index in [4.69, 9.17) is 4.74 Å². The molecule has 2 N–H and O–H groups in total. The fourth-order valence-corrected chi connectivity index (χ4v) is 2.46. The molecule has 6 heteroatoms. The summed E-state index contributed by atoms with van der Waals surface area (Å²) in [5.41, 5.74) is -0.114. The molecule has 0 aromatic carbocycles. The third-order valence-electron chi connectivity index (χ3n) is 3.33. The van der Waals surface area contributed by atoms with Crippen molar-refractivity contribution in [3.63, 3.8) is 0 Å². The maximum atomic E-state index is 12.1. The van der Waals surface area contributed by atoms with E-state index in [1.807, 2.05) is 40.1 Å². The number of nitrogens with one attached hydrogen (secondary N) is 2. The summed E-state index contributed by atoms with van der Waals surface area (Å²) in [6, 6.07) is 1.95. The van der Waals surface area contributed by atoms with Crippen LogP contribution in [0, 0.1) is 0 Å². The number of aryl methyl sites for hydroxylation is 1. The quantitative estimate of drug-likeness (QED) is 0.862. The molecular weight excluding hydrogens is 256 g/mol. The lowest BCUT2D eigenvalue weighted by Gasteiger charge is -2.37. The Morgan fingerprint density at radius 2 is 2.30 bits per heavy atom. The van der Waals surface area contributed by atoms with Crippen molar-refractivity contribution in [2.24, 2.45) is 7.05 Å². The van der Waals surface area contributed by atoms with Gasteiger partial charge >= 0.3 is 6.09 Å². The molecule has 1 unspecified atom stereocenters. The van der Waals surface area contributed by atoms with Crippen molar-refractivity contribution in [3.8, 4) is 0 Å². The molecule has 0 saturated carbocycles. The highest BCUT2D eigenvalue weighted by molar-refractivity contribution is 5.69. The smallest absolute Gasteiger partial charge is 0.408 e. The minimum Gasteiger partial charge on any atom is -0.444 e. The van der Waals surface area contributed by atoms with Gasteiger partial charge in [-0.05, 0) is 46.2 Å². The number of rotatable bonds is 2. The molecule has 1 atom stereocenters. The van der Waals surface area contributed by atoms with Gasteiger partial charge in [0.15, 0.2) is 0 Å². The Balaban J connectivity index is 2.18. The normalized spacial score (nSPS) is 23.4. The predicted octanol–water partition coefficient (Wildman–Crippen LogP) is 1.52. The molecule has 0 bridgehead atoms. The van der Waals surface area contributed by atoms with Crippen LogP contribution in [0.15, 0.2) is 12.3 Å². The number of nitrogens with zero attached hydrogens (tertiary/aromatic N) is 2. The molecule has 1 amide bonds. The molecule has 2 rings (SSSR count). The first-order valence-electron chi connectivity index (χ1n) is 7.03. The number of alkyl carbamates (subject to hydrolysis) is 1. The Kier molecular flexibility index (Phi) is 4.04. The maximum absolute atomic E-state index is 12.1. The molecule has 1 saturated heterocycles. The van der Waals surface area contributed by atoms with Crippen molar-refractivity contribution in [1.29, 1.82) is 0 Å². The zero-order valence-corrected chi connectivity index (χ0v) is 12.7. The molecule has 1 aliphatic heterocycles. The van der Waals surface area contributed by atoms with Gasteiger partial charge in [0.2, 0.25) is 0 Å². The van der Waals surface area contributed by atoms with Gasteiger partial charge in [-0.15, -0.1) is 0 Å². The van der Waals surface area contributed by atoms with Crippen LogP contribution >= 0.6 is 0 Å². The number of ether oxygens (including phenoxy) is 1. The summed E-state index contributed by atoms with van der Waals surface area (Å²) in [7, 11) is 1.88. The number of aromatic nitrogens is 2. The van der Waals surface area contributed by atoms with Crippen LogP contribution in [0.2, 0.25) is 0 Å². The lowest BCUT2D eigenvalue weighted by atomic mass is 9.87. The van der Waals surface area contributed by atoms with Crippen LogP contribution in [-0.4, -0.2) is 34.6 Å². The van der Waals surface area contributed by atoms with Gasteiger partial charge in [-0.25, -0.2) is 4.79 Å². The number of carbonyl (C=O) groups excluding carboxylic acids is 1. The molecule has 0 spiro atoms. The Hall–Kier alpha value is -1.56. The Morgan fingerprint density at radius 3 is 2.80 bits per heavy atom. The molecule has 112 valence electrons. The van der Waals surface area contributed by atoms with Crippen molar-refractivity contribution in [2.45, 2.75) is 44.8 Å². The minimum absolute atomic E-state index is 0.396. The molecule has 20 heavy (non-hydrogen) atoms. The second-order valence-corrected chi connectivity index (χ2v) is 6.36. The zero-order valence-electron chi connectivity index (χ0n) is 12.7. The van der Waals surface area contributed by atoms with Gasteiger partial charge in [-0.3, -0.25) is 4.68 Å². The van der Waals surface area contributed by atoms with E-state index in [0.29, 0.717) is 6.54 Å². The number of amides is 1. The zero-order chi connectivity index (χ0) is 14.8. The summed E-state index contributed by atoms with van der Waals surface area (Å²) < 4.78 is 7.13. The highest BCUT2D eigenvalue weighted by Crippen LogP contribution is 2.27. The SMILES string of the molecule is Cn1ccc(C2(NC(=O)OC(C)(C)C)CCCNC2)n1. The molecule has 1 aromatic rings. The maximum Gasteiger partial charge on any atom is 0.408 e. The summed E-state index contributed by atoms with van der Waals surface area (Å²) in [6.07, 6.45) is 3.34. The summed E-state index contributed by atoms with van der Waals surface area (Å²) >= 11 is 0. The van der Waals surface area contributed by atoms with E-state index in [9.17, 15) is 4.79 Å². The van der Waals surface area contributed by atoms with Gasteiger partial charge in [0.25, 0.3) is 0 Å². The van der Waals surface area contributed by atoms with Crippen LogP contribution < -0.4 is 10.6 Å². The molecule has 1 aliphatic rings. The fourth-order valence-electron chi connectivity index (χ4n) is 2.46. The number of hydrogen-bond acceptors (Lipinski definition) is 4. The van der Waals surface area contributed by atoms with Crippen molar-refractivity contribution in [3.05, 3.63) is 18.0 Å². The highest BCUT2D eigenvalue weighted by Gasteiger charge is 2.38. The Morgan fingerprint density at radius 1 is 1.55 bits per heavy atom. The summed E-state index contributed by atoms with van der Waals surface area (Å²) in [5, 5.41) is 10.8. The molecule has 0 aliphatic carbocycles. The van der Waals surface area contributed by atoms with E-state index in [0.717, 1.165) is 25.1 Å². The molecule has 1 aromatic heterocycles. The first-order valence-corrected chi connectivity index (χ1v) is 7.03. The summed E-state index contributed by atoms with van der Waals surface area (Å²) in [6.45, 7) is 7.21. The van der Waals surface area contributed by atoms with E-state index < -0.39 is 17.2 Å². The number of piperidine rings is 1.